The number of anilines is 1. The van der Waals surface area contributed by atoms with Gasteiger partial charge in [-0.15, -0.1) is 0 Å². The number of ether oxygens (including phenoxy) is 1. The summed E-state index contributed by atoms with van der Waals surface area (Å²) in [5.41, 5.74) is 0.534. The molecule has 0 spiro atoms. The normalized spacial score (nSPS) is 13.8. The summed E-state index contributed by atoms with van der Waals surface area (Å²) >= 11 is 5.85. The highest BCUT2D eigenvalue weighted by molar-refractivity contribution is 6.30. The Kier molecular flexibility index (Phi) is 4.02. The molecular formula is C18H17ClFNO2. The molecule has 120 valence electrons. The summed E-state index contributed by atoms with van der Waals surface area (Å²) in [5.74, 6) is 0.0167. The minimum absolute atomic E-state index is 0.197. The van der Waals surface area contributed by atoms with Gasteiger partial charge in [0, 0.05) is 17.3 Å². The number of hydrogen-bond acceptors (Lipinski definition) is 2. The first-order valence-electron chi connectivity index (χ1n) is 7.42. The predicted octanol–water partition coefficient (Wildman–Crippen LogP) is 4.23. The van der Waals surface area contributed by atoms with Gasteiger partial charge in [0.2, 0.25) is 0 Å². The summed E-state index contributed by atoms with van der Waals surface area (Å²) < 4.78 is 19.3. The number of carbonyl (C=O) groups is 1. The molecule has 23 heavy (non-hydrogen) atoms. The molecule has 2 aromatic carbocycles. The van der Waals surface area contributed by atoms with Gasteiger partial charge in [-0.2, -0.15) is 0 Å². The average molecular weight is 334 g/mol. The smallest absolute Gasteiger partial charge is 0.270 e. The third-order valence-electron chi connectivity index (χ3n) is 3.89. The molecule has 0 fully saturated rings. The second-order valence-corrected chi connectivity index (χ2v) is 6.48. The van der Waals surface area contributed by atoms with Gasteiger partial charge in [0.15, 0.2) is 5.60 Å². The molecule has 3 rings (SSSR count). The van der Waals surface area contributed by atoms with Gasteiger partial charge >= 0.3 is 0 Å². The number of amides is 1. The van der Waals surface area contributed by atoms with Crippen LogP contribution in [0.3, 0.4) is 0 Å². The number of hydrogen-bond donors (Lipinski definition) is 0. The summed E-state index contributed by atoms with van der Waals surface area (Å²) in [5, 5.41) is 0.602. The average Bonchev–Trinajstić information content (AvgIpc) is 2.91. The molecule has 0 radical (unpaired) electrons. The number of halogens is 2. The van der Waals surface area contributed by atoms with Crippen molar-refractivity contribution < 1.29 is 13.9 Å². The first kappa shape index (κ1) is 15.8. The van der Waals surface area contributed by atoms with Crippen molar-refractivity contribution in [2.45, 2.75) is 25.9 Å². The van der Waals surface area contributed by atoms with Crippen LogP contribution >= 0.6 is 11.6 Å². The SMILES string of the molecule is CC(C)(Oc1ccc(Cl)cc1)C(=O)N1CCc2ccc(F)cc21. The zero-order valence-electron chi connectivity index (χ0n) is 13.0. The molecule has 0 saturated carbocycles. The number of benzene rings is 2. The van der Waals surface area contributed by atoms with Crippen molar-refractivity contribution in [1.29, 1.82) is 0 Å². The molecule has 0 atom stereocenters. The molecule has 0 unspecified atom stereocenters. The Hall–Kier alpha value is -2.07. The van der Waals surface area contributed by atoms with Gasteiger partial charge in [-0.3, -0.25) is 4.79 Å². The lowest BCUT2D eigenvalue weighted by atomic mass is 10.1. The monoisotopic (exact) mass is 333 g/mol. The van der Waals surface area contributed by atoms with Gasteiger partial charge in [0.25, 0.3) is 5.91 Å². The fraction of sp³-hybridized carbons (Fsp3) is 0.278. The highest BCUT2D eigenvalue weighted by atomic mass is 35.5. The van der Waals surface area contributed by atoms with E-state index >= 15 is 0 Å². The Balaban J connectivity index is 1.82. The van der Waals surface area contributed by atoms with Gasteiger partial charge in [0.05, 0.1) is 0 Å². The Morgan fingerprint density at radius 3 is 2.61 bits per heavy atom. The zero-order valence-corrected chi connectivity index (χ0v) is 13.7. The maximum Gasteiger partial charge on any atom is 0.270 e. The van der Waals surface area contributed by atoms with Crippen molar-refractivity contribution in [3.8, 4) is 5.75 Å². The second kappa shape index (κ2) is 5.85. The van der Waals surface area contributed by atoms with Gasteiger partial charge in [0.1, 0.15) is 11.6 Å². The van der Waals surface area contributed by atoms with Crippen LogP contribution in [0.15, 0.2) is 42.5 Å². The molecular weight excluding hydrogens is 317 g/mol. The quantitative estimate of drug-likeness (QED) is 0.841. The van der Waals surface area contributed by atoms with Crippen LogP contribution in [0, 0.1) is 5.82 Å². The highest BCUT2D eigenvalue weighted by Gasteiger charge is 2.37. The molecule has 2 aromatic rings. The number of fused-ring (bicyclic) bond motifs is 1. The van der Waals surface area contributed by atoms with Crippen molar-refractivity contribution in [3.63, 3.8) is 0 Å². The van der Waals surface area contributed by atoms with Crippen LogP contribution in [0.4, 0.5) is 10.1 Å². The largest absolute Gasteiger partial charge is 0.478 e. The van der Waals surface area contributed by atoms with Crippen LogP contribution in [0.5, 0.6) is 5.75 Å². The molecule has 1 heterocycles. The number of carbonyl (C=O) groups excluding carboxylic acids is 1. The summed E-state index contributed by atoms with van der Waals surface area (Å²) in [6.07, 6.45) is 0.721. The third kappa shape index (κ3) is 3.17. The van der Waals surface area contributed by atoms with Crippen LogP contribution in [-0.4, -0.2) is 18.1 Å². The van der Waals surface area contributed by atoms with E-state index in [4.69, 9.17) is 16.3 Å². The summed E-state index contributed by atoms with van der Waals surface area (Å²) in [6.45, 7) is 3.95. The molecule has 0 aliphatic carbocycles. The first-order valence-corrected chi connectivity index (χ1v) is 7.79. The van der Waals surface area contributed by atoms with E-state index < -0.39 is 5.60 Å². The van der Waals surface area contributed by atoms with E-state index in [1.54, 1.807) is 49.1 Å². The van der Waals surface area contributed by atoms with Gasteiger partial charge < -0.3 is 9.64 Å². The van der Waals surface area contributed by atoms with E-state index in [-0.39, 0.29) is 11.7 Å². The van der Waals surface area contributed by atoms with E-state index in [0.29, 0.717) is 23.0 Å². The first-order chi connectivity index (χ1) is 10.9. The maximum atomic E-state index is 13.5. The molecule has 5 heteroatoms. The van der Waals surface area contributed by atoms with E-state index in [9.17, 15) is 9.18 Å². The van der Waals surface area contributed by atoms with E-state index in [2.05, 4.69) is 0 Å². The lowest BCUT2D eigenvalue weighted by molar-refractivity contribution is -0.131. The second-order valence-electron chi connectivity index (χ2n) is 6.05. The Morgan fingerprint density at radius 2 is 1.91 bits per heavy atom. The number of nitrogens with zero attached hydrogens (tertiary/aromatic N) is 1. The minimum Gasteiger partial charge on any atom is -0.478 e. The zero-order chi connectivity index (χ0) is 16.6. The molecule has 0 saturated heterocycles. The van der Waals surface area contributed by atoms with Gasteiger partial charge in [-0.25, -0.2) is 4.39 Å². The van der Waals surface area contributed by atoms with Crippen LogP contribution in [0.25, 0.3) is 0 Å². The van der Waals surface area contributed by atoms with Gasteiger partial charge in [-0.1, -0.05) is 17.7 Å². The van der Waals surface area contributed by atoms with Crippen LogP contribution in [0.1, 0.15) is 19.4 Å². The third-order valence-corrected chi connectivity index (χ3v) is 4.14. The molecule has 1 aliphatic heterocycles. The standard InChI is InChI=1S/C18H17ClFNO2/c1-18(2,23-15-7-4-13(19)5-8-15)17(22)21-10-9-12-3-6-14(20)11-16(12)21/h3-8,11H,9-10H2,1-2H3. The van der Waals surface area contributed by atoms with E-state index in [0.717, 1.165) is 12.0 Å². The molecule has 1 amide bonds. The number of rotatable bonds is 3. The molecule has 0 bridgehead atoms. The molecule has 0 aromatic heterocycles. The predicted molar refractivity (Wildman–Crippen MR) is 88.6 cm³/mol. The van der Waals surface area contributed by atoms with Crippen molar-refractivity contribution >= 4 is 23.2 Å². The van der Waals surface area contributed by atoms with Crippen molar-refractivity contribution in [2.24, 2.45) is 0 Å². The Bertz CT molecular complexity index is 743. The van der Waals surface area contributed by atoms with E-state index in [1.807, 2.05) is 0 Å². The molecule has 1 aliphatic rings. The highest BCUT2D eigenvalue weighted by Crippen LogP contribution is 2.32. The summed E-state index contributed by atoms with van der Waals surface area (Å²) in [4.78, 5) is 14.5. The van der Waals surface area contributed by atoms with Gasteiger partial charge in [-0.05, 0) is 62.2 Å². The lowest BCUT2D eigenvalue weighted by Gasteiger charge is -2.30. The van der Waals surface area contributed by atoms with Crippen LogP contribution in [0.2, 0.25) is 5.02 Å². The fourth-order valence-electron chi connectivity index (χ4n) is 2.73. The summed E-state index contributed by atoms with van der Waals surface area (Å²) in [6, 6.07) is 11.4. The fourth-order valence-corrected chi connectivity index (χ4v) is 2.86. The minimum atomic E-state index is -1.07. The van der Waals surface area contributed by atoms with Crippen LogP contribution < -0.4 is 9.64 Å². The van der Waals surface area contributed by atoms with Crippen molar-refractivity contribution in [1.82, 2.24) is 0 Å². The maximum absolute atomic E-state index is 13.5. The lowest BCUT2D eigenvalue weighted by Crippen LogP contribution is -2.48. The Labute approximate surface area is 139 Å². The van der Waals surface area contributed by atoms with Crippen molar-refractivity contribution in [3.05, 3.63) is 58.9 Å². The summed E-state index contributed by atoms with van der Waals surface area (Å²) in [7, 11) is 0. The molecule has 0 N–H and O–H groups in total. The van der Waals surface area contributed by atoms with Crippen molar-refractivity contribution in [2.75, 3.05) is 11.4 Å². The Morgan fingerprint density at radius 1 is 1.22 bits per heavy atom. The van der Waals surface area contributed by atoms with Crippen LogP contribution in [-0.2, 0) is 11.2 Å². The van der Waals surface area contributed by atoms with E-state index in [1.165, 1.54) is 12.1 Å². The topological polar surface area (TPSA) is 29.5 Å². The molecule has 3 nitrogen and oxygen atoms in total.